The number of hydrogen-bond acceptors (Lipinski definition) is 1. The largest absolute Gasteiger partial charge is 0.393 e. The molecule has 0 saturated heterocycles. The van der Waals surface area contributed by atoms with E-state index >= 15 is 0 Å². The van der Waals surface area contributed by atoms with Crippen molar-refractivity contribution in [2.24, 2.45) is 5.92 Å². The first-order valence-electron chi connectivity index (χ1n) is 5.92. The van der Waals surface area contributed by atoms with Gasteiger partial charge in [0.2, 0.25) is 0 Å². The predicted octanol–water partition coefficient (Wildman–Crippen LogP) is 3.75. The lowest BCUT2D eigenvalue weighted by Gasteiger charge is -2.13. The van der Waals surface area contributed by atoms with Crippen LogP contribution in [0.1, 0.15) is 65.7 Å². The van der Waals surface area contributed by atoms with Crippen LogP contribution in [0.15, 0.2) is 0 Å². The van der Waals surface area contributed by atoms with Crippen LogP contribution in [-0.4, -0.2) is 11.2 Å². The molecule has 0 aromatic rings. The molecule has 1 N–H and O–H groups in total. The maximum atomic E-state index is 9.51. The van der Waals surface area contributed by atoms with E-state index in [2.05, 4.69) is 20.8 Å². The van der Waals surface area contributed by atoms with Crippen LogP contribution in [0, 0.1) is 5.92 Å². The lowest BCUT2D eigenvalue weighted by Crippen LogP contribution is -2.06. The van der Waals surface area contributed by atoms with E-state index in [9.17, 15) is 5.11 Å². The summed E-state index contributed by atoms with van der Waals surface area (Å²) in [5, 5.41) is 9.51. The van der Waals surface area contributed by atoms with Crippen LogP contribution in [0.25, 0.3) is 0 Å². The fourth-order valence-electron chi connectivity index (χ4n) is 1.82. The molecule has 0 aliphatic carbocycles. The lowest BCUT2D eigenvalue weighted by atomic mass is 9.95. The van der Waals surface area contributed by atoms with E-state index in [-0.39, 0.29) is 6.10 Å². The van der Waals surface area contributed by atoms with Crippen LogP contribution in [-0.2, 0) is 0 Å². The number of hydrogen-bond donors (Lipinski definition) is 1. The second-order valence-electron chi connectivity index (χ2n) is 4.06. The van der Waals surface area contributed by atoms with Crippen LogP contribution in [0.3, 0.4) is 0 Å². The first-order chi connectivity index (χ1) is 6.24. The smallest absolute Gasteiger partial charge is 0.0540 e. The van der Waals surface area contributed by atoms with Gasteiger partial charge >= 0.3 is 0 Å². The Hall–Kier alpha value is -0.0400. The molecule has 0 fully saturated rings. The minimum atomic E-state index is -0.0423. The average Bonchev–Trinajstić information content (AvgIpc) is 2.13. The molecule has 0 aliphatic heterocycles. The summed E-state index contributed by atoms with van der Waals surface area (Å²) in [7, 11) is 0. The second kappa shape index (κ2) is 8.55. The molecular weight excluding hydrogens is 160 g/mol. The molecule has 1 heteroatoms. The molecule has 0 aliphatic rings. The van der Waals surface area contributed by atoms with E-state index in [1.165, 1.54) is 25.7 Å². The highest BCUT2D eigenvalue weighted by atomic mass is 16.3. The third-order valence-electron chi connectivity index (χ3n) is 2.93. The third kappa shape index (κ3) is 7.06. The molecule has 13 heavy (non-hydrogen) atoms. The standard InChI is InChI=1S/C12H26O/c1-4-8-12(13)10-7-9-11(5-2)6-3/h11-13H,4-10H2,1-3H3. The minimum Gasteiger partial charge on any atom is -0.393 e. The maximum absolute atomic E-state index is 9.51. The van der Waals surface area contributed by atoms with Gasteiger partial charge in [0, 0.05) is 0 Å². The summed E-state index contributed by atoms with van der Waals surface area (Å²) in [6.45, 7) is 6.65. The van der Waals surface area contributed by atoms with Crippen molar-refractivity contribution in [3.63, 3.8) is 0 Å². The van der Waals surface area contributed by atoms with Crippen molar-refractivity contribution in [3.05, 3.63) is 0 Å². The van der Waals surface area contributed by atoms with Gasteiger partial charge in [-0.15, -0.1) is 0 Å². The molecule has 1 nitrogen and oxygen atoms in total. The van der Waals surface area contributed by atoms with E-state index in [1.807, 2.05) is 0 Å². The Bertz CT molecular complexity index is 97.3. The molecule has 0 aromatic carbocycles. The molecule has 0 aromatic heterocycles. The van der Waals surface area contributed by atoms with Crippen molar-refractivity contribution in [1.82, 2.24) is 0 Å². The zero-order chi connectivity index (χ0) is 10.1. The topological polar surface area (TPSA) is 20.2 Å². The first-order valence-corrected chi connectivity index (χ1v) is 5.92. The van der Waals surface area contributed by atoms with Gasteiger partial charge in [0.05, 0.1) is 6.10 Å². The van der Waals surface area contributed by atoms with E-state index in [0.717, 1.165) is 25.2 Å². The normalized spacial score (nSPS) is 13.6. The Morgan fingerprint density at radius 3 is 2.00 bits per heavy atom. The van der Waals surface area contributed by atoms with E-state index in [1.54, 1.807) is 0 Å². The first kappa shape index (κ1) is 13.0. The van der Waals surface area contributed by atoms with Crippen molar-refractivity contribution >= 4 is 0 Å². The Morgan fingerprint density at radius 1 is 0.923 bits per heavy atom. The number of rotatable bonds is 8. The minimum absolute atomic E-state index is 0.0423. The van der Waals surface area contributed by atoms with Gasteiger partial charge in [-0.05, 0) is 18.8 Å². The van der Waals surface area contributed by atoms with Gasteiger partial charge < -0.3 is 5.11 Å². The van der Waals surface area contributed by atoms with Gasteiger partial charge in [0.1, 0.15) is 0 Å². The summed E-state index contributed by atoms with van der Waals surface area (Å²) < 4.78 is 0. The SMILES string of the molecule is CCCC(O)CCCC(CC)CC. The zero-order valence-electron chi connectivity index (χ0n) is 9.55. The van der Waals surface area contributed by atoms with Crippen LogP contribution in [0.5, 0.6) is 0 Å². The molecular formula is C12H26O. The summed E-state index contributed by atoms with van der Waals surface area (Å²) in [5.74, 6) is 0.883. The summed E-state index contributed by atoms with van der Waals surface area (Å²) in [6.07, 6.45) is 8.13. The Balaban J connectivity index is 3.32. The molecule has 0 radical (unpaired) electrons. The average molecular weight is 186 g/mol. The predicted molar refractivity (Wildman–Crippen MR) is 58.8 cm³/mol. The van der Waals surface area contributed by atoms with E-state index in [0.29, 0.717) is 0 Å². The molecule has 0 bridgehead atoms. The van der Waals surface area contributed by atoms with E-state index < -0.39 is 0 Å². The molecule has 0 saturated carbocycles. The van der Waals surface area contributed by atoms with Gasteiger partial charge in [0.25, 0.3) is 0 Å². The van der Waals surface area contributed by atoms with Gasteiger partial charge in [0.15, 0.2) is 0 Å². The van der Waals surface area contributed by atoms with Crippen LogP contribution in [0.2, 0.25) is 0 Å². The molecule has 0 spiro atoms. The molecule has 1 atom stereocenters. The van der Waals surface area contributed by atoms with Gasteiger partial charge in [-0.3, -0.25) is 0 Å². The highest BCUT2D eigenvalue weighted by molar-refractivity contribution is 4.59. The lowest BCUT2D eigenvalue weighted by molar-refractivity contribution is 0.147. The maximum Gasteiger partial charge on any atom is 0.0540 e. The monoisotopic (exact) mass is 186 g/mol. The van der Waals surface area contributed by atoms with Gasteiger partial charge in [-0.2, -0.15) is 0 Å². The van der Waals surface area contributed by atoms with Crippen LogP contribution in [0.4, 0.5) is 0 Å². The Morgan fingerprint density at radius 2 is 1.54 bits per heavy atom. The fraction of sp³-hybridized carbons (Fsp3) is 1.00. The quantitative estimate of drug-likeness (QED) is 0.612. The number of aliphatic hydroxyl groups is 1. The van der Waals surface area contributed by atoms with Crippen LogP contribution < -0.4 is 0 Å². The van der Waals surface area contributed by atoms with Crippen molar-refractivity contribution in [3.8, 4) is 0 Å². The molecule has 0 heterocycles. The van der Waals surface area contributed by atoms with Crippen molar-refractivity contribution in [2.45, 2.75) is 71.8 Å². The Labute approximate surface area is 83.5 Å². The zero-order valence-corrected chi connectivity index (χ0v) is 9.55. The fourth-order valence-corrected chi connectivity index (χ4v) is 1.82. The molecule has 0 rings (SSSR count). The van der Waals surface area contributed by atoms with Crippen molar-refractivity contribution in [1.29, 1.82) is 0 Å². The molecule has 80 valence electrons. The highest BCUT2D eigenvalue weighted by Gasteiger charge is 2.06. The molecule has 1 unspecified atom stereocenters. The summed E-state index contributed by atoms with van der Waals surface area (Å²) in [5.41, 5.74) is 0. The van der Waals surface area contributed by atoms with Gasteiger partial charge in [-0.25, -0.2) is 0 Å². The summed E-state index contributed by atoms with van der Waals surface area (Å²) in [4.78, 5) is 0. The Kier molecular flexibility index (Phi) is 8.53. The van der Waals surface area contributed by atoms with Crippen molar-refractivity contribution < 1.29 is 5.11 Å². The van der Waals surface area contributed by atoms with Crippen molar-refractivity contribution in [2.75, 3.05) is 0 Å². The van der Waals surface area contributed by atoms with Gasteiger partial charge in [-0.1, -0.05) is 52.9 Å². The van der Waals surface area contributed by atoms with Crippen LogP contribution >= 0.6 is 0 Å². The van der Waals surface area contributed by atoms with E-state index in [4.69, 9.17) is 0 Å². The second-order valence-corrected chi connectivity index (χ2v) is 4.06. The summed E-state index contributed by atoms with van der Waals surface area (Å²) >= 11 is 0. The molecule has 0 amide bonds. The highest BCUT2D eigenvalue weighted by Crippen LogP contribution is 2.17. The summed E-state index contributed by atoms with van der Waals surface area (Å²) in [6, 6.07) is 0. The number of aliphatic hydroxyl groups excluding tert-OH is 1. The third-order valence-corrected chi connectivity index (χ3v) is 2.93.